The largest absolute Gasteiger partial charge is 0.444 e. The van der Waals surface area contributed by atoms with E-state index in [1.165, 1.54) is 0 Å². The quantitative estimate of drug-likeness (QED) is 0.420. The number of carbonyl (C=O) groups excluding carboxylic acids is 1. The van der Waals surface area contributed by atoms with Gasteiger partial charge in [-0.25, -0.2) is 4.79 Å². The van der Waals surface area contributed by atoms with Crippen molar-refractivity contribution < 1.29 is 9.53 Å². The zero-order chi connectivity index (χ0) is 26.2. The highest BCUT2D eigenvalue weighted by Crippen LogP contribution is 2.41. The zero-order valence-electron chi connectivity index (χ0n) is 21.5. The number of rotatable bonds is 3. The fourth-order valence-electron chi connectivity index (χ4n) is 5.89. The van der Waals surface area contributed by atoms with Crippen molar-refractivity contribution in [2.45, 2.75) is 51.3 Å². The molecule has 2 fully saturated rings. The van der Waals surface area contributed by atoms with E-state index in [0.717, 1.165) is 29.3 Å². The van der Waals surface area contributed by atoms with Crippen LogP contribution >= 0.6 is 11.6 Å². The number of fused-ring (bicyclic) bond motifs is 4. The molecule has 37 heavy (non-hydrogen) atoms. The number of piperidine rings is 1. The third kappa shape index (κ3) is 3.85. The lowest BCUT2D eigenvalue weighted by molar-refractivity contribution is 0.0497. The molecule has 3 atom stereocenters. The SMILES string of the molecule is Cn1cc2c(Cl)c(-c3c[nH]c4nc(N5C[C@H]6CC[C@@H]5[C@@H]6NC(=O)OC(C)(C)C)n(C)c(=O)c34)ccc2n1. The van der Waals surface area contributed by atoms with Crippen molar-refractivity contribution in [1.29, 1.82) is 0 Å². The molecule has 2 aliphatic rings. The van der Waals surface area contributed by atoms with Crippen molar-refractivity contribution in [3.05, 3.63) is 39.9 Å². The molecule has 0 unspecified atom stereocenters. The molecule has 0 radical (unpaired) electrons. The number of anilines is 1. The van der Waals surface area contributed by atoms with Crippen molar-refractivity contribution in [3.63, 3.8) is 0 Å². The molecule has 1 aromatic carbocycles. The summed E-state index contributed by atoms with van der Waals surface area (Å²) in [5, 5.41) is 9.35. The maximum Gasteiger partial charge on any atom is 0.407 e. The Hall–Kier alpha value is -3.53. The first kappa shape index (κ1) is 23.8. The number of aromatic amines is 1. The number of amides is 1. The highest BCUT2D eigenvalue weighted by Gasteiger charge is 2.49. The van der Waals surface area contributed by atoms with Gasteiger partial charge in [0, 0.05) is 49.5 Å². The van der Waals surface area contributed by atoms with E-state index in [2.05, 4.69) is 20.3 Å². The fraction of sp³-hybridized carbons (Fsp3) is 0.462. The van der Waals surface area contributed by atoms with E-state index in [1.54, 1.807) is 22.5 Å². The van der Waals surface area contributed by atoms with Gasteiger partial charge in [-0.2, -0.15) is 10.1 Å². The number of carbonyl (C=O) groups is 1. The van der Waals surface area contributed by atoms with Gasteiger partial charge in [0.25, 0.3) is 5.56 Å². The zero-order valence-corrected chi connectivity index (χ0v) is 22.3. The van der Waals surface area contributed by atoms with Gasteiger partial charge in [-0.1, -0.05) is 17.7 Å². The van der Waals surface area contributed by atoms with Crippen LogP contribution in [0.1, 0.15) is 33.6 Å². The molecule has 194 valence electrons. The van der Waals surface area contributed by atoms with Crippen LogP contribution in [-0.4, -0.2) is 54.6 Å². The summed E-state index contributed by atoms with van der Waals surface area (Å²) in [4.78, 5) is 36.4. The first-order valence-corrected chi connectivity index (χ1v) is 12.9. The summed E-state index contributed by atoms with van der Waals surface area (Å²) in [6.07, 6.45) is 5.17. The number of nitrogens with zero attached hydrogens (tertiary/aromatic N) is 5. The van der Waals surface area contributed by atoms with Gasteiger partial charge >= 0.3 is 6.09 Å². The molecule has 4 aromatic rings. The van der Waals surface area contributed by atoms with E-state index in [0.29, 0.717) is 34.1 Å². The van der Waals surface area contributed by atoms with Crippen LogP contribution in [0, 0.1) is 5.92 Å². The molecule has 1 amide bonds. The Morgan fingerprint density at radius 1 is 1.22 bits per heavy atom. The molecule has 1 saturated heterocycles. The lowest BCUT2D eigenvalue weighted by Gasteiger charge is -2.30. The normalized spacial score (nSPS) is 21.4. The van der Waals surface area contributed by atoms with Crippen LogP contribution in [-0.2, 0) is 18.8 Å². The topological polar surface area (TPSA) is 110 Å². The number of hydrogen-bond acceptors (Lipinski definition) is 6. The van der Waals surface area contributed by atoms with Gasteiger partial charge in [0.2, 0.25) is 5.95 Å². The molecular formula is C26H30ClN7O3. The van der Waals surface area contributed by atoms with Gasteiger partial charge in [0.1, 0.15) is 11.2 Å². The number of hydrogen-bond donors (Lipinski definition) is 2. The Balaban J connectivity index is 1.36. The highest BCUT2D eigenvalue weighted by atomic mass is 35.5. The Morgan fingerprint density at radius 2 is 2.00 bits per heavy atom. The van der Waals surface area contributed by atoms with Gasteiger partial charge in [-0.15, -0.1) is 0 Å². The van der Waals surface area contributed by atoms with Crippen molar-refractivity contribution in [1.82, 2.24) is 29.6 Å². The van der Waals surface area contributed by atoms with Crippen molar-refractivity contribution in [2.24, 2.45) is 20.0 Å². The second kappa shape index (κ2) is 8.24. The molecule has 0 spiro atoms. The van der Waals surface area contributed by atoms with E-state index in [1.807, 2.05) is 46.1 Å². The molecule has 11 heteroatoms. The number of alkyl carbamates (subject to hydrolysis) is 1. The molecular weight excluding hydrogens is 494 g/mol. The van der Waals surface area contributed by atoms with Crippen molar-refractivity contribution >= 4 is 45.6 Å². The smallest absolute Gasteiger partial charge is 0.407 e. The predicted octanol–water partition coefficient (Wildman–Crippen LogP) is 3.96. The molecule has 6 rings (SSSR count). The molecule has 4 heterocycles. The Morgan fingerprint density at radius 3 is 2.76 bits per heavy atom. The number of H-pyrrole nitrogens is 1. The van der Waals surface area contributed by atoms with E-state index < -0.39 is 11.7 Å². The van der Waals surface area contributed by atoms with Crippen LogP contribution in [0.25, 0.3) is 33.1 Å². The summed E-state index contributed by atoms with van der Waals surface area (Å²) in [6.45, 7) is 6.27. The van der Waals surface area contributed by atoms with Crippen LogP contribution in [0.5, 0.6) is 0 Å². The minimum Gasteiger partial charge on any atom is -0.444 e. The Kier molecular flexibility index (Phi) is 5.31. The summed E-state index contributed by atoms with van der Waals surface area (Å²) >= 11 is 6.76. The van der Waals surface area contributed by atoms with E-state index in [-0.39, 0.29) is 23.6 Å². The van der Waals surface area contributed by atoms with Crippen LogP contribution in [0.2, 0.25) is 5.02 Å². The summed E-state index contributed by atoms with van der Waals surface area (Å²) < 4.78 is 8.81. The highest BCUT2D eigenvalue weighted by molar-refractivity contribution is 6.38. The molecule has 10 nitrogen and oxygen atoms in total. The number of benzene rings is 1. The Bertz CT molecular complexity index is 1610. The maximum absolute atomic E-state index is 13.7. The summed E-state index contributed by atoms with van der Waals surface area (Å²) in [5.74, 6) is 0.859. The minimum atomic E-state index is -0.562. The number of nitrogens with one attached hydrogen (secondary N) is 2. The number of ether oxygens (including phenoxy) is 1. The van der Waals surface area contributed by atoms with Gasteiger partial charge in [0.05, 0.1) is 28.0 Å². The van der Waals surface area contributed by atoms with Gasteiger partial charge in [0.15, 0.2) is 0 Å². The van der Waals surface area contributed by atoms with Crippen LogP contribution in [0.4, 0.5) is 10.7 Å². The summed E-state index contributed by atoms with van der Waals surface area (Å²) in [7, 11) is 3.59. The van der Waals surface area contributed by atoms with Crippen molar-refractivity contribution in [3.8, 4) is 11.1 Å². The second-order valence-corrected chi connectivity index (χ2v) is 11.5. The van der Waals surface area contributed by atoms with Gasteiger partial charge in [-0.05, 0) is 45.6 Å². The second-order valence-electron chi connectivity index (χ2n) is 11.1. The minimum absolute atomic E-state index is 0.0462. The molecule has 2 bridgehead atoms. The lowest BCUT2D eigenvalue weighted by Crippen LogP contribution is -2.46. The molecule has 2 N–H and O–H groups in total. The standard InChI is InChI=1S/C26H30ClN7O3/c1-26(2,3)37-25(36)29-21-13-6-9-18(21)34(11-13)24-30-22-19(23(35)33(24)5)15(10-28-22)14-7-8-17-16(20(14)27)12-32(4)31-17/h7-8,10,12-13,18,21,28H,6,9,11H2,1-5H3,(H,29,36)/t13-,18-,21-/m1/s1. The third-order valence-corrected chi connectivity index (χ3v) is 7.85. The first-order valence-electron chi connectivity index (χ1n) is 12.5. The monoisotopic (exact) mass is 523 g/mol. The average molecular weight is 524 g/mol. The molecule has 1 aliphatic carbocycles. The number of aryl methyl sites for hydroxylation is 1. The summed E-state index contributed by atoms with van der Waals surface area (Å²) in [6, 6.07) is 3.79. The Labute approximate surface area is 218 Å². The molecule has 1 aliphatic heterocycles. The lowest BCUT2D eigenvalue weighted by atomic mass is 10.0. The number of halogens is 1. The summed E-state index contributed by atoms with van der Waals surface area (Å²) in [5.41, 5.74) is 2.05. The molecule has 1 saturated carbocycles. The van der Waals surface area contributed by atoms with Gasteiger partial charge < -0.3 is 19.9 Å². The van der Waals surface area contributed by atoms with E-state index in [4.69, 9.17) is 21.3 Å². The molecule has 3 aromatic heterocycles. The first-order chi connectivity index (χ1) is 17.5. The predicted molar refractivity (Wildman–Crippen MR) is 143 cm³/mol. The maximum atomic E-state index is 13.7. The fourth-order valence-corrected chi connectivity index (χ4v) is 6.21. The van der Waals surface area contributed by atoms with Crippen LogP contribution in [0.3, 0.4) is 0 Å². The number of aromatic nitrogens is 5. The van der Waals surface area contributed by atoms with E-state index in [9.17, 15) is 9.59 Å². The van der Waals surface area contributed by atoms with Crippen LogP contribution < -0.4 is 15.8 Å². The van der Waals surface area contributed by atoms with Crippen LogP contribution in [0.15, 0.2) is 29.3 Å². The van der Waals surface area contributed by atoms with Crippen molar-refractivity contribution in [2.75, 3.05) is 11.4 Å². The van der Waals surface area contributed by atoms with Gasteiger partial charge in [-0.3, -0.25) is 14.0 Å². The van der Waals surface area contributed by atoms with E-state index >= 15 is 0 Å². The average Bonchev–Trinajstić information content (AvgIpc) is 3.58. The third-order valence-electron chi connectivity index (χ3n) is 7.45.